The van der Waals surface area contributed by atoms with Crippen LogP contribution in [0.4, 0.5) is 0 Å². The molecule has 2 heterocycles. The minimum Gasteiger partial charge on any atom is -0.463 e. The zero-order valence-electron chi connectivity index (χ0n) is 34.7. The highest BCUT2D eigenvalue weighted by atomic mass is 16.8. The first kappa shape index (κ1) is 50.5. The number of hydrogen-bond donors (Lipinski definition) is 6. The topological polar surface area (TPSA) is 202 Å². The Morgan fingerprint density at radius 1 is 0.536 bits per heavy atom. The van der Waals surface area contributed by atoms with Crippen LogP contribution in [0.15, 0.2) is 12.2 Å². The standard InChI is InChI=1S/C43H78O13/c1-4-6-7-8-9-10-11-12-13-14-18-21-24-27-34(44)52-29-32-36(46)38(48)40(50)42(54-32)56-43-41(51)39(49)37(47)33(55-43)30-53-35(45)28-25-22-19-16-15-17-20-23-26-31(3)5-2/h11-12,31-33,36-43,46-51H,4-10,13-30H2,1-3H3/b12-11-/t31?,32-,33-,36-,37-,38+,39+,40-,41-,42-,43-/m1/s1. The summed E-state index contributed by atoms with van der Waals surface area (Å²) >= 11 is 0. The highest BCUT2D eigenvalue weighted by molar-refractivity contribution is 5.69. The van der Waals surface area contributed by atoms with E-state index < -0.39 is 86.6 Å². The molecule has 0 aromatic heterocycles. The predicted molar refractivity (Wildman–Crippen MR) is 212 cm³/mol. The van der Waals surface area contributed by atoms with E-state index in [1.165, 1.54) is 70.6 Å². The summed E-state index contributed by atoms with van der Waals surface area (Å²) in [6, 6.07) is 0. The maximum atomic E-state index is 12.4. The molecule has 0 saturated carbocycles. The van der Waals surface area contributed by atoms with Gasteiger partial charge in [0.15, 0.2) is 12.6 Å². The average molecular weight is 803 g/mol. The van der Waals surface area contributed by atoms with E-state index >= 15 is 0 Å². The van der Waals surface area contributed by atoms with E-state index in [9.17, 15) is 40.2 Å². The van der Waals surface area contributed by atoms with Crippen LogP contribution in [-0.2, 0) is 33.3 Å². The van der Waals surface area contributed by atoms with E-state index in [2.05, 4.69) is 32.9 Å². The minimum absolute atomic E-state index is 0.175. The number of allylic oxidation sites excluding steroid dienone is 2. The Morgan fingerprint density at radius 3 is 1.36 bits per heavy atom. The second kappa shape index (κ2) is 30.4. The van der Waals surface area contributed by atoms with Gasteiger partial charge in [0.1, 0.15) is 62.0 Å². The lowest BCUT2D eigenvalue weighted by molar-refractivity contribution is -0.376. The van der Waals surface area contributed by atoms with Crippen LogP contribution in [0.5, 0.6) is 0 Å². The van der Waals surface area contributed by atoms with Gasteiger partial charge in [-0.25, -0.2) is 0 Å². The van der Waals surface area contributed by atoms with Gasteiger partial charge in [-0.15, -0.1) is 0 Å². The van der Waals surface area contributed by atoms with E-state index in [1.54, 1.807) is 0 Å². The molecule has 13 nitrogen and oxygen atoms in total. The molecule has 2 fully saturated rings. The van der Waals surface area contributed by atoms with E-state index in [4.69, 9.17) is 23.7 Å². The van der Waals surface area contributed by atoms with Crippen molar-refractivity contribution in [2.45, 2.75) is 230 Å². The van der Waals surface area contributed by atoms with Gasteiger partial charge in [-0.2, -0.15) is 0 Å². The van der Waals surface area contributed by atoms with Crippen LogP contribution in [0.2, 0.25) is 0 Å². The van der Waals surface area contributed by atoms with Crippen molar-refractivity contribution in [2.75, 3.05) is 13.2 Å². The first-order valence-electron chi connectivity index (χ1n) is 22.0. The van der Waals surface area contributed by atoms with Crippen molar-refractivity contribution in [3.05, 3.63) is 12.2 Å². The van der Waals surface area contributed by atoms with Gasteiger partial charge in [0, 0.05) is 12.8 Å². The Balaban J connectivity index is 1.68. The summed E-state index contributed by atoms with van der Waals surface area (Å²) in [5.74, 6) is -0.192. The third-order valence-corrected chi connectivity index (χ3v) is 11.1. The number of unbranched alkanes of at least 4 members (excludes halogenated alkanes) is 16. The van der Waals surface area contributed by atoms with Crippen LogP contribution >= 0.6 is 0 Å². The molecule has 13 heteroatoms. The van der Waals surface area contributed by atoms with Crippen molar-refractivity contribution in [3.63, 3.8) is 0 Å². The van der Waals surface area contributed by atoms with Crippen molar-refractivity contribution in [3.8, 4) is 0 Å². The molecule has 56 heavy (non-hydrogen) atoms. The van der Waals surface area contributed by atoms with Crippen molar-refractivity contribution >= 4 is 11.9 Å². The number of carbonyl (C=O) groups is 2. The van der Waals surface area contributed by atoms with E-state index in [0.717, 1.165) is 57.3 Å². The zero-order valence-corrected chi connectivity index (χ0v) is 34.7. The number of hydrogen-bond acceptors (Lipinski definition) is 13. The molecule has 2 aliphatic heterocycles. The van der Waals surface area contributed by atoms with Crippen LogP contribution in [0.25, 0.3) is 0 Å². The van der Waals surface area contributed by atoms with Crippen LogP contribution in [0.1, 0.15) is 168 Å². The molecule has 1 unspecified atom stereocenters. The summed E-state index contributed by atoms with van der Waals surface area (Å²) in [4.78, 5) is 24.8. The number of aliphatic hydroxyl groups is 6. The van der Waals surface area contributed by atoms with Gasteiger partial charge >= 0.3 is 11.9 Å². The summed E-state index contributed by atoms with van der Waals surface area (Å²) in [5, 5.41) is 63.2. The maximum Gasteiger partial charge on any atom is 0.305 e. The lowest BCUT2D eigenvalue weighted by Crippen LogP contribution is -2.64. The Kier molecular flexibility index (Phi) is 27.4. The number of ether oxygens (including phenoxy) is 5. The fourth-order valence-corrected chi connectivity index (χ4v) is 6.97. The van der Waals surface area contributed by atoms with Gasteiger partial charge in [-0.1, -0.05) is 129 Å². The second-order valence-corrected chi connectivity index (χ2v) is 16.0. The lowest BCUT2D eigenvalue weighted by Gasteiger charge is -2.44. The molecule has 328 valence electrons. The molecular weight excluding hydrogens is 724 g/mol. The van der Waals surface area contributed by atoms with Crippen LogP contribution in [-0.4, -0.2) is 117 Å². The minimum atomic E-state index is -1.80. The number of esters is 2. The van der Waals surface area contributed by atoms with Crippen LogP contribution in [0.3, 0.4) is 0 Å². The summed E-state index contributed by atoms with van der Waals surface area (Å²) in [6.45, 7) is 5.89. The van der Waals surface area contributed by atoms with E-state index in [1.807, 2.05) is 0 Å². The van der Waals surface area contributed by atoms with Crippen molar-refractivity contribution in [1.29, 1.82) is 0 Å². The van der Waals surface area contributed by atoms with Gasteiger partial charge in [-0.3, -0.25) is 9.59 Å². The number of carbonyl (C=O) groups excluding carboxylic acids is 2. The third-order valence-electron chi connectivity index (χ3n) is 11.1. The summed E-state index contributed by atoms with van der Waals surface area (Å²) in [6.07, 6.45) is 11.8. The Morgan fingerprint density at radius 2 is 0.929 bits per heavy atom. The maximum absolute atomic E-state index is 12.4. The molecule has 2 rings (SSSR count). The molecule has 2 saturated heterocycles. The molecule has 0 bridgehead atoms. The SMILES string of the molecule is CCCCCCC/C=C\CCCCCCC(=O)OC[C@H]1O[C@H](O[C@H]2O[C@H](COC(=O)CCCCCCCCCCC(C)CC)[C@@H](O)[C@H](O)[C@H]2O)[C@H](O)[C@@H](O)[C@@H]1O. The Bertz CT molecular complexity index is 1040. The smallest absolute Gasteiger partial charge is 0.305 e. The molecule has 0 aromatic rings. The van der Waals surface area contributed by atoms with Gasteiger partial charge in [0.2, 0.25) is 0 Å². The molecule has 0 radical (unpaired) electrons. The largest absolute Gasteiger partial charge is 0.463 e. The zero-order chi connectivity index (χ0) is 41.1. The third kappa shape index (κ3) is 20.3. The van der Waals surface area contributed by atoms with E-state index in [0.29, 0.717) is 12.8 Å². The highest BCUT2D eigenvalue weighted by Gasteiger charge is 2.50. The van der Waals surface area contributed by atoms with Gasteiger partial charge in [0.25, 0.3) is 0 Å². The van der Waals surface area contributed by atoms with Gasteiger partial charge in [-0.05, 0) is 44.4 Å². The van der Waals surface area contributed by atoms with Gasteiger partial charge < -0.3 is 54.3 Å². The molecule has 0 aliphatic carbocycles. The normalized spacial score (nSPS) is 28.7. The van der Waals surface area contributed by atoms with Crippen molar-refractivity contribution in [1.82, 2.24) is 0 Å². The summed E-state index contributed by atoms with van der Waals surface area (Å²) < 4.78 is 27.4. The first-order chi connectivity index (χ1) is 27.0. The molecule has 11 atom stereocenters. The molecule has 2 aliphatic rings. The molecule has 0 amide bonds. The number of aliphatic hydroxyl groups excluding tert-OH is 6. The monoisotopic (exact) mass is 803 g/mol. The highest BCUT2D eigenvalue weighted by Crippen LogP contribution is 2.29. The van der Waals surface area contributed by atoms with E-state index in [-0.39, 0.29) is 12.8 Å². The quantitative estimate of drug-likeness (QED) is 0.0275. The predicted octanol–water partition coefficient (Wildman–Crippen LogP) is 5.91. The molecule has 6 N–H and O–H groups in total. The molecule has 0 aromatic carbocycles. The fourth-order valence-electron chi connectivity index (χ4n) is 6.97. The molecular formula is C43H78O13. The summed E-state index contributed by atoms with van der Waals surface area (Å²) in [7, 11) is 0. The van der Waals surface area contributed by atoms with Crippen molar-refractivity contribution < 1.29 is 63.9 Å². The number of rotatable bonds is 31. The first-order valence-corrected chi connectivity index (χ1v) is 22.0. The Labute approximate surface area is 336 Å². The molecule has 0 spiro atoms. The second-order valence-electron chi connectivity index (χ2n) is 16.0. The van der Waals surface area contributed by atoms with Crippen molar-refractivity contribution in [2.24, 2.45) is 5.92 Å². The van der Waals surface area contributed by atoms with Crippen LogP contribution in [0, 0.1) is 5.92 Å². The van der Waals surface area contributed by atoms with Gasteiger partial charge in [0.05, 0.1) is 0 Å². The average Bonchev–Trinajstić information content (AvgIpc) is 3.19. The fraction of sp³-hybridized carbons (Fsp3) is 0.907. The Hall–Kier alpha value is -1.68. The van der Waals surface area contributed by atoms with Crippen LogP contribution < -0.4 is 0 Å². The lowest BCUT2D eigenvalue weighted by atomic mass is 9.98. The summed E-state index contributed by atoms with van der Waals surface area (Å²) in [5.41, 5.74) is 0.